The summed E-state index contributed by atoms with van der Waals surface area (Å²) in [6.45, 7) is 2.40. The number of rotatable bonds is 6. The molecule has 2 aromatic rings. The molecule has 0 aliphatic heterocycles. The first kappa shape index (κ1) is 16.5. The van der Waals surface area contributed by atoms with Crippen LogP contribution in [0.4, 0.5) is 10.5 Å². The standard InChI is InChI=1S/C16H20N2O3S/c1-11-6-7-22-15(11)12-4-3-5-13(8-12)18-16(20)17-9-14(19)10-21-2/h3-8,14,19H,9-10H2,1-2H3,(H2,17,18,20). The van der Waals surface area contributed by atoms with E-state index in [2.05, 4.69) is 29.0 Å². The molecule has 2 rings (SSSR count). The van der Waals surface area contributed by atoms with Crippen LogP contribution in [0.5, 0.6) is 0 Å². The second-order valence-corrected chi connectivity index (χ2v) is 5.87. The summed E-state index contributed by atoms with van der Waals surface area (Å²) in [6, 6.07) is 9.41. The minimum Gasteiger partial charge on any atom is -0.389 e. The predicted molar refractivity (Wildman–Crippen MR) is 89.4 cm³/mol. The van der Waals surface area contributed by atoms with Crippen molar-refractivity contribution in [2.45, 2.75) is 13.0 Å². The maximum absolute atomic E-state index is 11.8. The molecule has 0 spiro atoms. The van der Waals surface area contributed by atoms with Crippen molar-refractivity contribution in [3.63, 3.8) is 0 Å². The smallest absolute Gasteiger partial charge is 0.319 e. The first-order chi connectivity index (χ1) is 10.6. The van der Waals surface area contributed by atoms with E-state index in [9.17, 15) is 9.90 Å². The quantitative estimate of drug-likeness (QED) is 0.766. The summed E-state index contributed by atoms with van der Waals surface area (Å²) in [5, 5.41) is 16.9. The highest BCUT2D eigenvalue weighted by Crippen LogP contribution is 2.30. The van der Waals surface area contributed by atoms with E-state index in [1.165, 1.54) is 17.6 Å². The summed E-state index contributed by atoms with van der Waals surface area (Å²) >= 11 is 1.67. The molecule has 1 unspecified atom stereocenters. The van der Waals surface area contributed by atoms with Gasteiger partial charge in [-0.2, -0.15) is 0 Å². The number of methoxy groups -OCH3 is 1. The third-order valence-electron chi connectivity index (χ3n) is 3.10. The first-order valence-corrected chi connectivity index (χ1v) is 7.84. The molecule has 0 fully saturated rings. The maximum atomic E-state index is 11.8. The molecule has 6 heteroatoms. The van der Waals surface area contributed by atoms with Crippen molar-refractivity contribution in [2.75, 3.05) is 25.6 Å². The van der Waals surface area contributed by atoms with Gasteiger partial charge in [-0.1, -0.05) is 12.1 Å². The zero-order valence-electron chi connectivity index (χ0n) is 12.6. The van der Waals surface area contributed by atoms with Gasteiger partial charge < -0.3 is 20.5 Å². The Morgan fingerprint density at radius 1 is 1.41 bits per heavy atom. The number of aliphatic hydroxyl groups excluding tert-OH is 1. The third-order valence-corrected chi connectivity index (χ3v) is 4.17. The molecule has 0 bridgehead atoms. The van der Waals surface area contributed by atoms with Crippen LogP contribution in [0.25, 0.3) is 10.4 Å². The normalized spacial score (nSPS) is 12.0. The summed E-state index contributed by atoms with van der Waals surface area (Å²) in [6.07, 6.45) is -0.712. The topological polar surface area (TPSA) is 70.6 Å². The molecular weight excluding hydrogens is 300 g/mol. The van der Waals surface area contributed by atoms with E-state index in [4.69, 9.17) is 4.74 Å². The molecule has 1 atom stereocenters. The van der Waals surface area contributed by atoms with Crippen LogP contribution in [0.1, 0.15) is 5.56 Å². The summed E-state index contributed by atoms with van der Waals surface area (Å²) < 4.78 is 4.80. The highest BCUT2D eigenvalue weighted by molar-refractivity contribution is 7.13. The van der Waals surface area contributed by atoms with Crippen LogP contribution in [-0.2, 0) is 4.74 Å². The van der Waals surface area contributed by atoms with E-state index < -0.39 is 6.10 Å². The average molecular weight is 320 g/mol. The molecule has 22 heavy (non-hydrogen) atoms. The van der Waals surface area contributed by atoms with Gasteiger partial charge in [0.15, 0.2) is 0 Å². The minimum atomic E-state index is -0.712. The Kier molecular flexibility index (Phi) is 5.94. The van der Waals surface area contributed by atoms with Crippen molar-refractivity contribution in [3.8, 4) is 10.4 Å². The van der Waals surface area contributed by atoms with Crippen molar-refractivity contribution in [1.29, 1.82) is 0 Å². The van der Waals surface area contributed by atoms with Gasteiger partial charge in [-0.25, -0.2) is 4.79 Å². The molecule has 5 nitrogen and oxygen atoms in total. The van der Waals surface area contributed by atoms with Gasteiger partial charge in [0.25, 0.3) is 0 Å². The molecule has 0 radical (unpaired) electrons. The second-order valence-electron chi connectivity index (χ2n) is 4.96. The highest BCUT2D eigenvalue weighted by atomic mass is 32.1. The number of carbonyl (C=O) groups excluding carboxylic acids is 1. The monoisotopic (exact) mass is 320 g/mol. The lowest BCUT2D eigenvalue weighted by Crippen LogP contribution is -2.36. The number of aliphatic hydroxyl groups is 1. The molecule has 0 saturated carbocycles. The predicted octanol–water partition coefficient (Wildman–Crippen LogP) is 2.85. The Hall–Kier alpha value is -1.89. The number of thiophene rings is 1. The number of carbonyl (C=O) groups is 1. The lowest BCUT2D eigenvalue weighted by molar-refractivity contribution is 0.0663. The Morgan fingerprint density at radius 3 is 2.91 bits per heavy atom. The van der Waals surface area contributed by atoms with E-state index in [1.807, 2.05) is 24.3 Å². The molecule has 1 aromatic carbocycles. The summed E-state index contributed by atoms with van der Waals surface area (Å²) in [5.74, 6) is 0. The highest BCUT2D eigenvalue weighted by Gasteiger charge is 2.08. The molecule has 2 amide bonds. The van der Waals surface area contributed by atoms with Crippen molar-refractivity contribution in [1.82, 2.24) is 5.32 Å². The van der Waals surface area contributed by atoms with Gasteiger partial charge in [0.05, 0.1) is 12.7 Å². The number of hydrogen-bond acceptors (Lipinski definition) is 4. The van der Waals surface area contributed by atoms with E-state index in [0.717, 1.165) is 5.56 Å². The van der Waals surface area contributed by atoms with E-state index >= 15 is 0 Å². The fourth-order valence-electron chi connectivity index (χ4n) is 2.04. The van der Waals surface area contributed by atoms with Gasteiger partial charge in [0.1, 0.15) is 0 Å². The Labute approximate surface area is 133 Å². The van der Waals surface area contributed by atoms with Gasteiger partial charge in [-0.05, 0) is 41.6 Å². The van der Waals surface area contributed by atoms with E-state index in [-0.39, 0.29) is 19.2 Å². The van der Waals surface area contributed by atoms with Gasteiger partial charge in [0.2, 0.25) is 0 Å². The number of urea groups is 1. The van der Waals surface area contributed by atoms with Gasteiger partial charge >= 0.3 is 6.03 Å². The van der Waals surface area contributed by atoms with Crippen LogP contribution in [0.15, 0.2) is 35.7 Å². The van der Waals surface area contributed by atoms with Crippen molar-refractivity contribution < 1.29 is 14.6 Å². The fourth-order valence-corrected chi connectivity index (χ4v) is 2.97. The van der Waals surface area contributed by atoms with Gasteiger partial charge in [-0.15, -0.1) is 11.3 Å². The maximum Gasteiger partial charge on any atom is 0.319 e. The molecule has 0 aliphatic rings. The second kappa shape index (κ2) is 7.93. The number of benzene rings is 1. The zero-order valence-corrected chi connectivity index (χ0v) is 13.4. The van der Waals surface area contributed by atoms with Crippen LogP contribution in [0.2, 0.25) is 0 Å². The lowest BCUT2D eigenvalue weighted by Gasteiger charge is -2.12. The molecule has 118 valence electrons. The molecular formula is C16H20N2O3S. The van der Waals surface area contributed by atoms with Crippen LogP contribution in [0, 0.1) is 6.92 Å². The largest absolute Gasteiger partial charge is 0.389 e. The molecule has 1 aromatic heterocycles. The third kappa shape index (κ3) is 4.56. The molecule has 0 aliphatic carbocycles. The molecule has 1 heterocycles. The summed E-state index contributed by atoms with van der Waals surface area (Å²) in [7, 11) is 1.50. The Bertz CT molecular complexity index is 627. The van der Waals surface area contributed by atoms with Crippen molar-refractivity contribution in [3.05, 3.63) is 41.3 Å². The summed E-state index contributed by atoms with van der Waals surface area (Å²) in [4.78, 5) is 13.0. The molecule has 0 saturated heterocycles. The SMILES string of the molecule is COCC(O)CNC(=O)Nc1cccc(-c2sccc2C)c1. The number of anilines is 1. The molecule has 3 N–H and O–H groups in total. The lowest BCUT2D eigenvalue weighted by atomic mass is 10.1. The summed E-state index contributed by atoms with van der Waals surface area (Å²) in [5.41, 5.74) is 3.00. The van der Waals surface area contributed by atoms with Crippen LogP contribution < -0.4 is 10.6 Å². The van der Waals surface area contributed by atoms with E-state index in [1.54, 1.807) is 11.3 Å². The van der Waals surface area contributed by atoms with Crippen LogP contribution in [0.3, 0.4) is 0 Å². The number of amides is 2. The average Bonchev–Trinajstić information content (AvgIpc) is 2.92. The number of aryl methyl sites for hydroxylation is 1. The van der Waals surface area contributed by atoms with Crippen molar-refractivity contribution in [2.24, 2.45) is 0 Å². The Morgan fingerprint density at radius 2 is 2.23 bits per heavy atom. The number of hydrogen-bond donors (Lipinski definition) is 3. The number of nitrogens with one attached hydrogen (secondary N) is 2. The van der Waals surface area contributed by atoms with E-state index in [0.29, 0.717) is 5.69 Å². The van der Waals surface area contributed by atoms with Gasteiger partial charge in [0, 0.05) is 24.2 Å². The zero-order chi connectivity index (χ0) is 15.9. The Balaban J connectivity index is 1.96. The number of ether oxygens (including phenoxy) is 1. The first-order valence-electron chi connectivity index (χ1n) is 6.96. The fraction of sp³-hybridized carbons (Fsp3) is 0.312. The van der Waals surface area contributed by atoms with Crippen LogP contribution in [-0.4, -0.2) is 37.5 Å². The van der Waals surface area contributed by atoms with Crippen molar-refractivity contribution >= 4 is 23.1 Å². The minimum absolute atomic E-state index is 0.142. The van der Waals surface area contributed by atoms with Crippen LogP contribution >= 0.6 is 11.3 Å². The van der Waals surface area contributed by atoms with Gasteiger partial charge in [-0.3, -0.25) is 0 Å².